The number of carboxylic acids is 1. The third-order valence-electron chi connectivity index (χ3n) is 7.13. The lowest BCUT2D eigenvalue weighted by molar-refractivity contribution is 0.0697. The summed E-state index contributed by atoms with van der Waals surface area (Å²) in [6.07, 6.45) is 1.55. The lowest BCUT2D eigenvalue weighted by atomic mass is 9.97. The number of benzene rings is 4. The van der Waals surface area contributed by atoms with Gasteiger partial charge in [-0.15, -0.1) is 0 Å². The highest BCUT2D eigenvalue weighted by molar-refractivity contribution is 6.31. The highest BCUT2D eigenvalue weighted by Crippen LogP contribution is 2.37. The average Bonchev–Trinajstić information content (AvgIpc) is 3.24. The van der Waals surface area contributed by atoms with Crippen molar-refractivity contribution >= 4 is 28.5 Å². The van der Waals surface area contributed by atoms with Crippen molar-refractivity contribution in [2.45, 2.75) is 25.4 Å². The van der Waals surface area contributed by atoms with E-state index < -0.39 is 5.97 Å². The normalized spacial score (nSPS) is 11.4. The molecular weight excluding hydrogens is 506 g/mol. The van der Waals surface area contributed by atoms with Crippen LogP contribution in [0.3, 0.4) is 0 Å². The minimum Gasteiger partial charge on any atom is -0.478 e. The van der Waals surface area contributed by atoms with Crippen LogP contribution in [0.1, 0.15) is 44.3 Å². The van der Waals surface area contributed by atoms with Crippen LogP contribution in [-0.4, -0.2) is 28.7 Å². The van der Waals surface area contributed by atoms with Gasteiger partial charge in [0.05, 0.1) is 11.6 Å². The van der Waals surface area contributed by atoms with E-state index >= 15 is 0 Å². The first-order valence-corrected chi connectivity index (χ1v) is 13.6. The molecule has 1 aromatic heterocycles. The van der Waals surface area contributed by atoms with Crippen LogP contribution in [0.4, 0.5) is 0 Å². The molecule has 4 N–H and O–H groups in total. The fourth-order valence-electron chi connectivity index (χ4n) is 5.36. The molecule has 0 fully saturated rings. The molecule has 6 heteroatoms. The quantitative estimate of drug-likeness (QED) is 0.169. The van der Waals surface area contributed by atoms with E-state index in [0.717, 1.165) is 35.9 Å². The van der Waals surface area contributed by atoms with Crippen LogP contribution >= 0.6 is 11.6 Å². The van der Waals surface area contributed by atoms with Gasteiger partial charge in [-0.05, 0) is 72.1 Å². The van der Waals surface area contributed by atoms with Crippen molar-refractivity contribution in [3.63, 3.8) is 0 Å². The molecule has 39 heavy (non-hydrogen) atoms. The Morgan fingerprint density at radius 3 is 2.10 bits per heavy atom. The zero-order valence-electron chi connectivity index (χ0n) is 21.7. The standard InChI is InChI=1S/C33H32ClN3O2/c34-27-15-16-30-29(21-27)28(18-20-36-22-23-11-13-26(14-12-23)33(38)39)31(17-19-35)37(30)32(24-7-3-1-4-8-24)25-9-5-2-6-10-25/h1-16,21,32,36H,17-20,22,35H2,(H,38,39). The first-order valence-electron chi connectivity index (χ1n) is 13.2. The molecule has 0 atom stereocenters. The molecule has 0 unspecified atom stereocenters. The van der Waals surface area contributed by atoms with Crippen LogP contribution in [0, 0.1) is 0 Å². The Bertz CT molecular complexity index is 1510. The van der Waals surface area contributed by atoms with E-state index in [1.165, 1.54) is 22.4 Å². The van der Waals surface area contributed by atoms with Crippen LogP contribution in [0.5, 0.6) is 0 Å². The number of hydrogen-bond acceptors (Lipinski definition) is 3. The molecule has 4 aromatic carbocycles. The number of nitrogens with zero attached hydrogens (tertiary/aromatic N) is 1. The number of aromatic carboxylic acids is 1. The molecule has 0 saturated carbocycles. The first-order chi connectivity index (χ1) is 19.1. The first kappa shape index (κ1) is 26.7. The number of halogens is 1. The van der Waals surface area contributed by atoms with E-state index in [1.54, 1.807) is 12.1 Å². The molecular formula is C33H32ClN3O2. The van der Waals surface area contributed by atoms with E-state index in [1.807, 2.05) is 30.3 Å². The van der Waals surface area contributed by atoms with E-state index in [2.05, 4.69) is 70.5 Å². The lowest BCUT2D eigenvalue weighted by Gasteiger charge is -2.25. The summed E-state index contributed by atoms with van der Waals surface area (Å²) in [4.78, 5) is 11.1. The Morgan fingerprint density at radius 1 is 0.872 bits per heavy atom. The summed E-state index contributed by atoms with van der Waals surface area (Å²) in [5, 5.41) is 14.5. The Hall–Kier alpha value is -3.90. The number of carboxylic acid groups (broad SMARTS) is 1. The van der Waals surface area contributed by atoms with Crippen molar-refractivity contribution in [1.82, 2.24) is 9.88 Å². The number of carbonyl (C=O) groups is 1. The number of fused-ring (bicyclic) bond motifs is 1. The highest BCUT2D eigenvalue weighted by atomic mass is 35.5. The van der Waals surface area contributed by atoms with Gasteiger partial charge in [0.2, 0.25) is 0 Å². The van der Waals surface area contributed by atoms with Gasteiger partial charge in [-0.3, -0.25) is 0 Å². The Kier molecular flexibility index (Phi) is 8.42. The summed E-state index contributed by atoms with van der Waals surface area (Å²) < 4.78 is 2.45. The van der Waals surface area contributed by atoms with Crippen LogP contribution in [0.2, 0.25) is 5.02 Å². The topological polar surface area (TPSA) is 80.3 Å². The van der Waals surface area contributed by atoms with Crippen molar-refractivity contribution in [2.24, 2.45) is 5.73 Å². The Labute approximate surface area is 233 Å². The van der Waals surface area contributed by atoms with Gasteiger partial charge in [0.1, 0.15) is 0 Å². The summed E-state index contributed by atoms with van der Waals surface area (Å²) in [6.45, 7) is 1.95. The van der Waals surface area contributed by atoms with Crippen molar-refractivity contribution < 1.29 is 9.90 Å². The monoisotopic (exact) mass is 537 g/mol. The summed E-state index contributed by atoms with van der Waals surface area (Å²) in [5.41, 5.74) is 13.6. The largest absolute Gasteiger partial charge is 0.478 e. The summed E-state index contributed by atoms with van der Waals surface area (Å²) in [5.74, 6) is -0.915. The molecule has 5 aromatic rings. The van der Waals surface area contributed by atoms with Crippen molar-refractivity contribution in [2.75, 3.05) is 13.1 Å². The molecule has 0 saturated heterocycles. The molecule has 5 nitrogen and oxygen atoms in total. The van der Waals surface area contributed by atoms with Crippen molar-refractivity contribution in [3.8, 4) is 0 Å². The molecule has 0 radical (unpaired) electrons. The lowest BCUT2D eigenvalue weighted by Crippen LogP contribution is -2.20. The summed E-state index contributed by atoms with van der Waals surface area (Å²) in [7, 11) is 0. The predicted molar refractivity (Wildman–Crippen MR) is 159 cm³/mol. The maximum atomic E-state index is 11.1. The second-order valence-electron chi connectivity index (χ2n) is 9.65. The highest BCUT2D eigenvalue weighted by Gasteiger charge is 2.25. The van der Waals surface area contributed by atoms with Crippen LogP contribution < -0.4 is 11.1 Å². The van der Waals surface area contributed by atoms with Gasteiger partial charge in [0.15, 0.2) is 0 Å². The molecule has 0 aliphatic heterocycles. The molecule has 0 amide bonds. The minimum absolute atomic E-state index is 0.00733. The third kappa shape index (κ3) is 5.91. The van der Waals surface area contributed by atoms with Gasteiger partial charge in [-0.2, -0.15) is 0 Å². The summed E-state index contributed by atoms with van der Waals surface area (Å²) >= 11 is 6.53. The van der Waals surface area contributed by atoms with E-state index in [-0.39, 0.29) is 6.04 Å². The van der Waals surface area contributed by atoms with Crippen LogP contribution in [-0.2, 0) is 19.4 Å². The van der Waals surface area contributed by atoms with Gasteiger partial charge >= 0.3 is 5.97 Å². The molecule has 5 rings (SSSR count). The predicted octanol–water partition coefficient (Wildman–Crippen LogP) is 6.46. The fourth-order valence-corrected chi connectivity index (χ4v) is 5.53. The smallest absolute Gasteiger partial charge is 0.335 e. The molecule has 0 spiro atoms. The molecule has 0 bridgehead atoms. The van der Waals surface area contributed by atoms with Gasteiger partial charge in [0.25, 0.3) is 0 Å². The second kappa shape index (κ2) is 12.3. The SMILES string of the molecule is NCCc1c(CCNCc2ccc(C(=O)O)cc2)c2cc(Cl)ccc2n1C(c1ccccc1)c1ccccc1. The molecule has 198 valence electrons. The molecule has 0 aliphatic carbocycles. The number of nitrogens with one attached hydrogen (secondary N) is 1. The van der Waals surface area contributed by atoms with Crippen LogP contribution in [0.15, 0.2) is 103 Å². The van der Waals surface area contributed by atoms with Crippen molar-refractivity contribution in [3.05, 3.63) is 142 Å². The zero-order chi connectivity index (χ0) is 27.2. The zero-order valence-corrected chi connectivity index (χ0v) is 22.4. The van der Waals surface area contributed by atoms with E-state index in [4.69, 9.17) is 22.4 Å². The van der Waals surface area contributed by atoms with E-state index in [0.29, 0.717) is 23.7 Å². The Morgan fingerprint density at radius 2 is 1.51 bits per heavy atom. The van der Waals surface area contributed by atoms with E-state index in [9.17, 15) is 4.79 Å². The number of aromatic nitrogens is 1. The third-order valence-corrected chi connectivity index (χ3v) is 7.37. The number of nitrogens with two attached hydrogens (primary N) is 1. The number of rotatable bonds is 11. The maximum Gasteiger partial charge on any atom is 0.335 e. The van der Waals surface area contributed by atoms with Gasteiger partial charge in [-0.1, -0.05) is 84.4 Å². The maximum absolute atomic E-state index is 11.1. The van der Waals surface area contributed by atoms with Gasteiger partial charge in [0, 0.05) is 34.6 Å². The summed E-state index contributed by atoms with van der Waals surface area (Å²) in [6, 6.07) is 34.3. The second-order valence-corrected chi connectivity index (χ2v) is 10.1. The fraction of sp³-hybridized carbons (Fsp3) is 0.182. The number of hydrogen-bond donors (Lipinski definition) is 3. The van der Waals surface area contributed by atoms with Crippen molar-refractivity contribution in [1.29, 1.82) is 0 Å². The minimum atomic E-state index is -0.915. The van der Waals surface area contributed by atoms with Crippen LogP contribution in [0.25, 0.3) is 10.9 Å². The van der Waals surface area contributed by atoms with Gasteiger partial charge in [-0.25, -0.2) is 4.79 Å². The Balaban J connectivity index is 1.52. The average molecular weight is 538 g/mol. The molecule has 0 aliphatic rings. The van der Waals surface area contributed by atoms with Gasteiger partial charge < -0.3 is 20.7 Å². The molecule has 1 heterocycles.